The van der Waals surface area contributed by atoms with Gasteiger partial charge < -0.3 is 4.74 Å². The molecule has 0 aliphatic heterocycles. The number of aromatic nitrogens is 1. The lowest BCUT2D eigenvalue weighted by Crippen LogP contribution is -2.25. The van der Waals surface area contributed by atoms with Gasteiger partial charge in [-0.25, -0.2) is 4.98 Å². The third-order valence-electron chi connectivity index (χ3n) is 3.48. The Morgan fingerprint density at radius 1 is 1.53 bits per heavy atom. The Kier molecular flexibility index (Phi) is 3.98. The van der Waals surface area contributed by atoms with E-state index in [1.54, 1.807) is 6.20 Å². The molecule has 1 aliphatic carbocycles. The van der Waals surface area contributed by atoms with Gasteiger partial charge in [-0.2, -0.15) is 5.26 Å². The monoisotopic (exact) mass is 230 g/mol. The second-order valence-electron chi connectivity index (χ2n) is 4.64. The zero-order valence-corrected chi connectivity index (χ0v) is 10.2. The van der Waals surface area contributed by atoms with E-state index in [2.05, 4.69) is 18.0 Å². The molecule has 3 heteroatoms. The molecule has 3 nitrogen and oxygen atoms in total. The Labute approximate surface area is 102 Å². The average molecular weight is 230 g/mol. The fourth-order valence-electron chi connectivity index (χ4n) is 2.47. The van der Waals surface area contributed by atoms with Gasteiger partial charge in [0.25, 0.3) is 0 Å². The van der Waals surface area contributed by atoms with Crippen LogP contribution in [-0.2, 0) is 0 Å². The van der Waals surface area contributed by atoms with Crippen LogP contribution in [0.4, 0.5) is 0 Å². The van der Waals surface area contributed by atoms with Crippen molar-refractivity contribution in [2.24, 2.45) is 5.92 Å². The van der Waals surface area contributed by atoms with Crippen LogP contribution in [0.5, 0.6) is 5.75 Å². The Bertz CT molecular complexity index is 411. The fraction of sp³-hybridized carbons (Fsp3) is 0.571. The van der Waals surface area contributed by atoms with Gasteiger partial charge in [-0.3, -0.25) is 0 Å². The van der Waals surface area contributed by atoms with Gasteiger partial charge in [0.1, 0.15) is 6.07 Å². The van der Waals surface area contributed by atoms with E-state index in [-0.39, 0.29) is 6.10 Å². The van der Waals surface area contributed by atoms with Crippen molar-refractivity contribution in [1.29, 1.82) is 5.26 Å². The molecule has 17 heavy (non-hydrogen) atoms. The predicted molar refractivity (Wildman–Crippen MR) is 65.6 cm³/mol. The topological polar surface area (TPSA) is 45.9 Å². The quantitative estimate of drug-likeness (QED) is 0.800. The standard InChI is InChI=1S/C14H18N2O/c1-2-11-5-3-6-12(9-11)17-14-7-4-8-16-13(14)10-15/h4,7-8,11-12H,2-3,5-6,9H2,1H3. The van der Waals surface area contributed by atoms with Crippen molar-refractivity contribution < 1.29 is 4.74 Å². The summed E-state index contributed by atoms with van der Waals surface area (Å²) in [5.74, 6) is 1.41. The predicted octanol–water partition coefficient (Wildman–Crippen LogP) is 3.30. The van der Waals surface area contributed by atoms with Crippen molar-refractivity contribution in [3.05, 3.63) is 24.0 Å². The SMILES string of the molecule is CCC1CCCC(Oc2cccnc2C#N)C1. The van der Waals surface area contributed by atoms with Crippen LogP contribution < -0.4 is 4.74 Å². The molecule has 1 aliphatic rings. The number of ether oxygens (including phenoxy) is 1. The van der Waals surface area contributed by atoms with E-state index in [9.17, 15) is 0 Å². The van der Waals surface area contributed by atoms with E-state index in [1.807, 2.05) is 12.1 Å². The van der Waals surface area contributed by atoms with Crippen molar-refractivity contribution >= 4 is 0 Å². The number of nitrogens with zero attached hydrogens (tertiary/aromatic N) is 2. The largest absolute Gasteiger partial charge is 0.487 e. The highest BCUT2D eigenvalue weighted by Gasteiger charge is 2.22. The van der Waals surface area contributed by atoms with E-state index in [4.69, 9.17) is 10.00 Å². The summed E-state index contributed by atoms with van der Waals surface area (Å²) in [4.78, 5) is 4.02. The molecule has 0 bridgehead atoms. The summed E-state index contributed by atoms with van der Waals surface area (Å²) in [5, 5.41) is 8.95. The number of hydrogen-bond acceptors (Lipinski definition) is 3. The second kappa shape index (κ2) is 5.67. The van der Waals surface area contributed by atoms with Gasteiger partial charge in [0.05, 0.1) is 6.10 Å². The number of pyridine rings is 1. The molecule has 0 amide bonds. The number of rotatable bonds is 3. The smallest absolute Gasteiger partial charge is 0.182 e. The molecule has 2 rings (SSSR count). The molecule has 2 atom stereocenters. The van der Waals surface area contributed by atoms with E-state index < -0.39 is 0 Å². The van der Waals surface area contributed by atoms with Crippen LogP contribution in [0, 0.1) is 17.2 Å². The van der Waals surface area contributed by atoms with Crippen LogP contribution in [0.2, 0.25) is 0 Å². The van der Waals surface area contributed by atoms with Gasteiger partial charge >= 0.3 is 0 Å². The molecule has 1 saturated carbocycles. The summed E-state index contributed by atoms with van der Waals surface area (Å²) in [6.45, 7) is 2.23. The van der Waals surface area contributed by atoms with Gasteiger partial charge in [0.15, 0.2) is 11.4 Å². The summed E-state index contributed by atoms with van der Waals surface area (Å²) < 4.78 is 5.92. The Morgan fingerprint density at radius 3 is 3.18 bits per heavy atom. The zero-order chi connectivity index (χ0) is 12.1. The summed E-state index contributed by atoms with van der Waals surface area (Å²) in [6.07, 6.45) is 7.84. The molecule has 0 spiro atoms. The minimum Gasteiger partial charge on any atom is -0.487 e. The van der Waals surface area contributed by atoms with Gasteiger partial charge in [-0.15, -0.1) is 0 Å². The lowest BCUT2D eigenvalue weighted by molar-refractivity contribution is 0.121. The molecule has 1 aromatic rings. The molecule has 2 unspecified atom stereocenters. The Morgan fingerprint density at radius 2 is 2.41 bits per heavy atom. The van der Waals surface area contributed by atoms with Crippen molar-refractivity contribution in [3.63, 3.8) is 0 Å². The molecular formula is C14H18N2O. The van der Waals surface area contributed by atoms with E-state index in [0.29, 0.717) is 11.4 Å². The van der Waals surface area contributed by atoms with Crippen LogP contribution in [0.25, 0.3) is 0 Å². The fourth-order valence-corrected chi connectivity index (χ4v) is 2.47. The minimum atomic E-state index is 0.255. The zero-order valence-electron chi connectivity index (χ0n) is 10.2. The van der Waals surface area contributed by atoms with Crippen LogP contribution in [0.15, 0.2) is 18.3 Å². The van der Waals surface area contributed by atoms with Gasteiger partial charge in [-0.1, -0.05) is 19.8 Å². The number of hydrogen-bond donors (Lipinski definition) is 0. The molecule has 0 saturated heterocycles. The summed E-state index contributed by atoms with van der Waals surface area (Å²) in [6, 6.07) is 5.72. The Hall–Kier alpha value is -1.56. The molecule has 1 aromatic heterocycles. The van der Waals surface area contributed by atoms with Crippen molar-refractivity contribution in [3.8, 4) is 11.8 Å². The molecule has 90 valence electrons. The van der Waals surface area contributed by atoms with E-state index in [0.717, 1.165) is 18.8 Å². The average Bonchev–Trinajstić information content (AvgIpc) is 2.39. The molecule has 0 aromatic carbocycles. The maximum atomic E-state index is 8.95. The van der Waals surface area contributed by atoms with E-state index in [1.165, 1.54) is 19.3 Å². The number of nitriles is 1. The van der Waals surface area contributed by atoms with Gasteiger partial charge in [-0.05, 0) is 37.3 Å². The van der Waals surface area contributed by atoms with Crippen LogP contribution in [-0.4, -0.2) is 11.1 Å². The lowest BCUT2D eigenvalue weighted by atomic mass is 9.85. The van der Waals surface area contributed by atoms with Gasteiger partial charge in [0.2, 0.25) is 0 Å². The second-order valence-corrected chi connectivity index (χ2v) is 4.64. The third-order valence-corrected chi connectivity index (χ3v) is 3.48. The summed E-state index contributed by atoms with van der Waals surface area (Å²) in [5.41, 5.74) is 0.395. The normalized spacial score (nSPS) is 24.0. The molecule has 0 radical (unpaired) electrons. The molecule has 0 N–H and O–H groups in total. The maximum absolute atomic E-state index is 8.95. The highest BCUT2D eigenvalue weighted by molar-refractivity contribution is 5.36. The first-order chi connectivity index (χ1) is 8.33. The first-order valence-corrected chi connectivity index (χ1v) is 6.35. The molecule has 1 heterocycles. The third kappa shape index (κ3) is 2.97. The van der Waals surface area contributed by atoms with Crippen molar-refractivity contribution in [2.75, 3.05) is 0 Å². The van der Waals surface area contributed by atoms with Crippen molar-refractivity contribution in [2.45, 2.75) is 45.1 Å². The first-order valence-electron chi connectivity index (χ1n) is 6.35. The Balaban J connectivity index is 2.03. The minimum absolute atomic E-state index is 0.255. The summed E-state index contributed by atoms with van der Waals surface area (Å²) >= 11 is 0. The van der Waals surface area contributed by atoms with Gasteiger partial charge in [0, 0.05) is 6.20 Å². The first kappa shape index (κ1) is 11.9. The summed E-state index contributed by atoms with van der Waals surface area (Å²) in [7, 11) is 0. The maximum Gasteiger partial charge on any atom is 0.182 e. The highest BCUT2D eigenvalue weighted by Crippen LogP contribution is 2.30. The van der Waals surface area contributed by atoms with Crippen LogP contribution in [0.3, 0.4) is 0 Å². The van der Waals surface area contributed by atoms with Crippen LogP contribution in [0.1, 0.15) is 44.7 Å². The van der Waals surface area contributed by atoms with Crippen molar-refractivity contribution in [1.82, 2.24) is 4.98 Å². The van der Waals surface area contributed by atoms with E-state index >= 15 is 0 Å². The molecular weight excluding hydrogens is 212 g/mol. The van der Waals surface area contributed by atoms with Crippen LogP contribution >= 0.6 is 0 Å². The highest BCUT2D eigenvalue weighted by atomic mass is 16.5. The molecule has 1 fully saturated rings. The lowest BCUT2D eigenvalue weighted by Gasteiger charge is -2.29.